The summed E-state index contributed by atoms with van der Waals surface area (Å²) in [6.45, 7) is 0. The van der Waals surface area contributed by atoms with Crippen molar-refractivity contribution >= 4 is 23.2 Å². The van der Waals surface area contributed by atoms with Crippen LogP contribution in [0.15, 0.2) is 30.4 Å². The summed E-state index contributed by atoms with van der Waals surface area (Å²) in [5.74, 6) is -5.81. The van der Waals surface area contributed by atoms with Crippen LogP contribution in [0.2, 0.25) is 0 Å². The summed E-state index contributed by atoms with van der Waals surface area (Å²) >= 11 is 0. The zero-order chi connectivity index (χ0) is 21.3. The van der Waals surface area contributed by atoms with Gasteiger partial charge in [-0.1, -0.05) is 12.2 Å². The van der Waals surface area contributed by atoms with Crippen molar-refractivity contribution in [2.45, 2.75) is 18.8 Å². The number of amides is 1. The first-order valence-corrected chi connectivity index (χ1v) is 8.74. The number of carbonyl (C=O) groups is 3. The Balaban J connectivity index is 1.62. The third kappa shape index (κ3) is 3.14. The third-order valence-corrected chi connectivity index (χ3v) is 5.80. The van der Waals surface area contributed by atoms with Crippen molar-refractivity contribution in [3.05, 3.63) is 41.5 Å². The fourth-order valence-corrected chi connectivity index (χ4v) is 4.62. The fourth-order valence-electron chi connectivity index (χ4n) is 4.62. The van der Waals surface area contributed by atoms with Crippen LogP contribution in [0, 0.1) is 29.6 Å². The van der Waals surface area contributed by atoms with Crippen molar-refractivity contribution in [1.29, 1.82) is 0 Å². The predicted octanol–water partition coefficient (Wildman–Crippen LogP) is 3.87. The highest BCUT2D eigenvalue weighted by Gasteiger charge is 2.61. The number of hydrogen-bond donors (Lipinski definition) is 1. The van der Waals surface area contributed by atoms with Gasteiger partial charge in [0.25, 0.3) is 0 Å². The van der Waals surface area contributed by atoms with E-state index in [0.717, 1.165) is 0 Å². The van der Waals surface area contributed by atoms with Crippen molar-refractivity contribution < 1.29 is 40.7 Å². The highest BCUT2D eigenvalue weighted by Crippen LogP contribution is 2.54. The molecule has 0 spiro atoms. The van der Waals surface area contributed by atoms with Crippen molar-refractivity contribution in [1.82, 2.24) is 0 Å². The smallest absolute Gasteiger partial charge is 0.325 e. The number of rotatable bonds is 2. The zero-order valence-corrected chi connectivity index (χ0v) is 14.5. The number of alkyl halides is 6. The van der Waals surface area contributed by atoms with Crippen molar-refractivity contribution in [3.8, 4) is 0 Å². The minimum atomic E-state index is -5.08. The molecule has 2 bridgehead atoms. The maximum Gasteiger partial charge on any atom is 0.416 e. The van der Waals surface area contributed by atoms with Gasteiger partial charge in [0.1, 0.15) is 0 Å². The molecule has 1 amide bonds. The van der Waals surface area contributed by atoms with Crippen LogP contribution < -0.4 is 5.32 Å². The van der Waals surface area contributed by atoms with Gasteiger partial charge in [-0.2, -0.15) is 26.3 Å². The maximum absolute atomic E-state index is 13.0. The molecule has 0 aromatic heterocycles. The third-order valence-electron chi connectivity index (χ3n) is 5.80. The number of nitrogens with one attached hydrogen (secondary N) is 1. The van der Waals surface area contributed by atoms with Crippen LogP contribution in [0.5, 0.6) is 0 Å². The molecule has 29 heavy (non-hydrogen) atoms. The molecule has 4 unspecified atom stereocenters. The Labute approximate surface area is 159 Å². The lowest BCUT2D eigenvalue weighted by Crippen LogP contribution is -2.33. The summed E-state index contributed by atoms with van der Waals surface area (Å²) in [6, 6.07) is 0.599. The van der Waals surface area contributed by atoms with E-state index in [-0.39, 0.29) is 17.9 Å². The molecule has 10 heteroatoms. The second kappa shape index (κ2) is 6.17. The topological polar surface area (TPSA) is 63.2 Å². The number of Topliss-reactive ketones (excluding diaryl/α,β-unsaturated/α-hetero) is 2. The van der Waals surface area contributed by atoms with Crippen LogP contribution >= 0.6 is 0 Å². The van der Waals surface area contributed by atoms with E-state index >= 15 is 0 Å². The van der Waals surface area contributed by atoms with E-state index in [9.17, 15) is 40.7 Å². The van der Waals surface area contributed by atoms with Gasteiger partial charge >= 0.3 is 12.4 Å². The van der Waals surface area contributed by atoms with Crippen LogP contribution in [0.1, 0.15) is 17.5 Å². The van der Waals surface area contributed by atoms with Crippen LogP contribution in [-0.4, -0.2) is 17.5 Å². The zero-order valence-electron chi connectivity index (χ0n) is 14.5. The number of anilines is 1. The molecule has 0 radical (unpaired) electrons. The first kappa shape index (κ1) is 19.7. The van der Waals surface area contributed by atoms with Gasteiger partial charge in [0.05, 0.1) is 11.1 Å². The number of allylic oxidation sites excluding steroid dienone is 2. The summed E-state index contributed by atoms with van der Waals surface area (Å²) in [6.07, 6.45) is -5.92. The first-order valence-electron chi connectivity index (χ1n) is 8.74. The Hall–Kier alpha value is -2.65. The number of benzene rings is 1. The molecule has 2 fully saturated rings. The van der Waals surface area contributed by atoms with E-state index in [1.54, 1.807) is 12.2 Å². The van der Waals surface area contributed by atoms with E-state index in [2.05, 4.69) is 0 Å². The second-order valence-electron chi connectivity index (χ2n) is 7.52. The molecule has 0 aliphatic heterocycles. The largest absolute Gasteiger partial charge is 0.416 e. The molecule has 1 N–H and O–H groups in total. The Morgan fingerprint density at radius 3 is 1.69 bits per heavy atom. The Kier molecular flexibility index (Phi) is 4.18. The maximum atomic E-state index is 13.0. The van der Waals surface area contributed by atoms with Crippen molar-refractivity contribution in [3.63, 3.8) is 0 Å². The quantitative estimate of drug-likeness (QED) is 0.452. The molecule has 0 heterocycles. The van der Waals surface area contributed by atoms with E-state index < -0.39 is 64.4 Å². The molecular formula is C19H13F6NO3. The molecule has 3 aliphatic rings. The van der Waals surface area contributed by atoms with Gasteiger partial charge in [-0.3, -0.25) is 14.4 Å². The number of halogens is 6. The highest BCUT2D eigenvalue weighted by atomic mass is 19.4. The van der Waals surface area contributed by atoms with Gasteiger partial charge in [-0.25, -0.2) is 0 Å². The summed E-state index contributed by atoms with van der Waals surface area (Å²) < 4.78 is 77.7. The van der Waals surface area contributed by atoms with Crippen molar-refractivity contribution in [2.75, 3.05) is 5.32 Å². The highest BCUT2D eigenvalue weighted by molar-refractivity contribution is 6.27. The van der Waals surface area contributed by atoms with Gasteiger partial charge < -0.3 is 5.32 Å². The predicted molar refractivity (Wildman–Crippen MR) is 86.3 cm³/mol. The van der Waals surface area contributed by atoms with Crippen LogP contribution in [0.25, 0.3) is 0 Å². The van der Waals surface area contributed by atoms with Crippen LogP contribution in [0.3, 0.4) is 0 Å². The molecule has 0 saturated heterocycles. The Morgan fingerprint density at radius 1 is 0.828 bits per heavy atom. The lowest BCUT2D eigenvalue weighted by Gasteiger charge is -2.16. The number of hydrogen-bond acceptors (Lipinski definition) is 3. The Morgan fingerprint density at radius 2 is 1.28 bits per heavy atom. The summed E-state index contributed by atoms with van der Waals surface area (Å²) in [5, 5.41) is 1.91. The summed E-state index contributed by atoms with van der Waals surface area (Å²) in [7, 11) is 0. The first-order chi connectivity index (χ1) is 13.4. The molecule has 1 aromatic carbocycles. The normalized spacial score (nSPS) is 30.8. The van der Waals surface area contributed by atoms with Crippen LogP contribution in [-0.2, 0) is 26.7 Å². The molecule has 4 nitrogen and oxygen atoms in total. The van der Waals surface area contributed by atoms with Gasteiger partial charge in [0.15, 0.2) is 17.5 Å². The van der Waals surface area contributed by atoms with Gasteiger partial charge in [-0.05, 0) is 36.5 Å². The number of carbonyl (C=O) groups excluding carboxylic acids is 3. The minimum Gasteiger partial charge on any atom is -0.325 e. The lowest BCUT2D eigenvalue weighted by molar-refractivity contribution is -0.143. The van der Waals surface area contributed by atoms with E-state index in [0.29, 0.717) is 18.6 Å². The minimum absolute atomic E-state index is 0.0741. The molecule has 4 rings (SSSR count). The molecule has 3 aliphatic carbocycles. The van der Waals surface area contributed by atoms with Gasteiger partial charge in [0.2, 0.25) is 5.91 Å². The molecule has 2 saturated carbocycles. The molecule has 154 valence electrons. The van der Waals surface area contributed by atoms with E-state index in [1.807, 2.05) is 5.32 Å². The number of ketones is 2. The lowest BCUT2D eigenvalue weighted by atomic mass is 9.85. The Bertz CT molecular complexity index is 886. The average molecular weight is 417 g/mol. The second-order valence-corrected chi connectivity index (χ2v) is 7.52. The van der Waals surface area contributed by atoms with Crippen LogP contribution in [0.4, 0.5) is 32.0 Å². The molecular weight excluding hydrogens is 404 g/mol. The number of fused-ring (bicyclic) bond motifs is 5. The van der Waals surface area contributed by atoms with E-state index in [1.165, 1.54) is 0 Å². The standard InChI is InChI=1S/C19H13F6NO3/c20-18(21,22)9-4-10(19(23,24)25)6-11(5-9)26-17(29)14-15(27)12-7-1-2-8(3-7)13(12)16(14)28/h1-2,4-8,12-14H,3H2,(H,26,29). The summed E-state index contributed by atoms with van der Waals surface area (Å²) in [5.41, 5.74) is -3.99. The fraction of sp³-hybridized carbons (Fsp3) is 0.421. The summed E-state index contributed by atoms with van der Waals surface area (Å²) in [4.78, 5) is 37.7. The molecule has 4 atom stereocenters. The van der Waals surface area contributed by atoms with Gasteiger partial charge in [-0.15, -0.1) is 0 Å². The van der Waals surface area contributed by atoms with Crippen molar-refractivity contribution in [2.24, 2.45) is 29.6 Å². The molecule has 1 aromatic rings. The van der Waals surface area contributed by atoms with Gasteiger partial charge in [0, 0.05) is 17.5 Å². The average Bonchev–Trinajstić information content (AvgIpc) is 3.26. The SMILES string of the molecule is O=C(Nc1cc(C(F)(F)F)cc(C(F)(F)F)c1)C1C(=O)C2C3C=CC(C3)C2C1=O. The monoisotopic (exact) mass is 417 g/mol. The van der Waals surface area contributed by atoms with E-state index in [4.69, 9.17) is 0 Å².